The number of Topliss-reactive ketones (excluding diaryl/α,β-unsaturated/α-hetero) is 3. The van der Waals surface area contributed by atoms with Crippen LogP contribution in [0.2, 0.25) is 0 Å². The number of aliphatic hydroxyl groups is 1. The monoisotopic (exact) mass is 602 g/mol. The smallest absolute Gasteiger partial charge is 0.184 e. The summed E-state index contributed by atoms with van der Waals surface area (Å²) in [4.78, 5) is 45.6. The topological polar surface area (TPSA) is 112 Å². The fraction of sp³-hybridized carbons (Fsp3) is 0.553. The first-order chi connectivity index (χ1) is 20.3. The van der Waals surface area contributed by atoms with Crippen molar-refractivity contribution in [1.29, 1.82) is 0 Å². The number of aromatic hydroxyl groups is 2. The van der Waals surface area contributed by atoms with Crippen molar-refractivity contribution in [2.24, 2.45) is 39.4 Å². The molecule has 5 unspecified atom stereocenters. The number of allylic oxidation sites excluding steroid dienone is 6. The van der Waals surface area contributed by atoms with Gasteiger partial charge in [0, 0.05) is 5.56 Å². The molecule has 4 rings (SSSR count). The summed E-state index contributed by atoms with van der Waals surface area (Å²) in [6.07, 6.45) is 6.48. The van der Waals surface area contributed by atoms with Crippen LogP contribution in [0.4, 0.5) is 0 Å². The average molecular weight is 603 g/mol. The number of carbonyl (C=O) groups excluding carboxylic acids is 3. The van der Waals surface area contributed by atoms with Crippen molar-refractivity contribution < 1.29 is 29.7 Å². The van der Waals surface area contributed by atoms with Crippen LogP contribution in [-0.2, 0) is 14.4 Å². The van der Waals surface area contributed by atoms with E-state index in [4.69, 9.17) is 0 Å². The number of hydrogen-bond acceptors (Lipinski definition) is 6. The Morgan fingerprint density at radius 2 is 1.52 bits per heavy atom. The van der Waals surface area contributed by atoms with Crippen molar-refractivity contribution in [3.63, 3.8) is 0 Å². The van der Waals surface area contributed by atoms with E-state index in [0.29, 0.717) is 12.8 Å². The van der Waals surface area contributed by atoms with Crippen LogP contribution in [0.15, 0.2) is 59.2 Å². The van der Waals surface area contributed by atoms with Gasteiger partial charge in [0.25, 0.3) is 0 Å². The number of phenolic OH excluding ortho intramolecular Hbond substituents is 2. The van der Waals surface area contributed by atoms with Crippen LogP contribution in [0.1, 0.15) is 100.0 Å². The summed E-state index contributed by atoms with van der Waals surface area (Å²) in [5.41, 5.74) is -1.73. The number of ketones is 3. The number of carbonyl (C=O) groups is 3. The first-order valence-electron chi connectivity index (χ1n) is 15.8. The largest absolute Gasteiger partial charge is 0.506 e. The van der Waals surface area contributed by atoms with Crippen molar-refractivity contribution in [2.75, 3.05) is 0 Å². The number of phenols is 2. The molecule has 3 saturated carbocycles. The lowest BCUT2D eigenvalue weighted by atomic mass is 9.36. The number of aliphatic hydroxyl groups excluding tert-OH is 1. The molecular weight excluding hydrogens is 552 g/mol. The molecule has 1 aromatic rings. The van der Waals surface area contributed by atoms with Gasteiger partial charge in [0.05, 0.1) is 5.41 Å². The van der Waals surface area contributed by atoms with Crippen LogP contribution in [0.25, 0.3) is 5.76 Å². The Morgan fingerprint density at radius 1 is 0.909 bits per heavy atom. The normalized spacial score (nSPS) is 31.8. The van der Waals surface area contributed by atoms with Crippen LogP contribution in [-0.4, -0.2) is 32.7 Å². The van der Waals surface area contributed by atoms with E-state index in [1.54, 1.807) is 0 Å². The fourth-order valence-corrected chi connectivity index (χ4v) is 9.02. The molecule has 0 aromatic heterocycles. The number of benzene rings is 1. The summed E-state index contributed by atoms with van der Waals surface area (Å²) >= 11 is 0. The molecule has 44 heavy (non-hydrogen) atoms. The Bertz CT molecular complexity index is 1510. The zero-order valence-corrected chi connectivity index (χ0v) is 27.9. The number of hydrogen-bond donors (Lipinski definition) is 3. The molecule has 0 radical (unpaired) electrons. The maximum absolute atomic E-state index is 15.5. The van der Waals surface area contributed by atoms with Crippen molar-refractivity contribution in [3.05, 3.63) is 64.8 Å². The van der Waals surface area contributed by atoms with Crippen molar-refractivity contribution in [1.82, 2.24) is 0 Å². The first-order valence-corrected chi connectivity index (χ1v) is 15.8. The third-order valence-corrected chi connectivity index (χ3v) is 11.6. The third kappa shape index (κ3) is 4.71. The summed E-state index contributed by atoms with van der Waals surface area (Å²) in [6.45, 7) is 22.3. The number of fused-ring (bicyclic) bond motifs is 2. The van der Waals surface area contributed by atoms with Crippen LogP contribution >= 0.6 is 0 Å². The van der Waals surface area contributed by atoms with Gasteiger partial charge in [-0.1, -0.05) is 63.1 Å². The van der Waals surface area contributed by atoms with Gasteiger partial charge in [-0.3, -0.25) is 14.4 Å². The first kappa shape index (κ1) is 33.5. The Morgan fingerprint density at radius 3 is 2.05 bits per heavy atom. The molecule has 3 aliphatic carbocycles. The van der Waals surface area contributed by atoms with E-state index in [9.17, 15) is 15.3 Å². The minimum absolute atomic E-state index is 0.0290. The lowest BCUT2D eigenvalue weighted by Crippen LogP contribution is -2.72. The Hall–Kier alpha value is -3.41. The molecule has 5 atom stereocenters. The van der Waals surface area contributed by atoms with Gasteiger partial charge in [0.15, 0.2) is 28.8 Å². The van der Waals surface area contributed by atoms with Gasteiger partial charge in [0.1, 0.15) is 16.7 Å². The second kappa shape index (κ2) is 11.2. The Labute approximate surface area is 262 Å². The molecule has 6 heteroatoms. The second-order valence-electron chi connectivity index (χ2n) is 15.3. The lowest BCUT2D eigenvalue weighted by molar-refractivity contribution is -0.184. The van der Waals surface area contributed by atoms with Crippen LogP contribution in [0.3, 0.4) is 0 Å². The molecule has 238 valence electrons. The lowest BCUT2D eigenvalue weighted by Gasteiger charge is -2.63. The Kier molecular flexibility index (Phi) is 8.51. The van der Waals surface area contributed by atoms with Crippen molar-refractivity contribution in [2.45, 2.75) is 94.4 Å². The van der Waals surface area contributed by atoms with Crippen LogP contribution < -0.4 is 0 Å². The highest BCUT2D eigenvalue weighted by molar-refractivity contribution is 6.41. The zero-order chi connectivity index (χ0) is 33.2. The molecule has 0 saturated heterocycles. The summed E-state index contributed by atoms with van der Waals surface area (Å²) in [7, 11) is 0. The van der Waals surface area contributed by atoms with E-state index in [2.05, 4.69) is 26.5 Å². The molecule has 3 aliphatic rings. The highest BCUT2D eigenvalue weighted by Gasteiger charge is 2.77. The molecule has 0 aliphatic heterocycles. The minimum atomic E-state index is -1.60. The minimum Gasteiger partial charge on any atom is -0.506 e. The standard InChI is InChI=1S/C38H50O6/c1-21(2)11-13-25-20-37(29-16-14-26(23(5)6)35(29,7)8)32(42)30(31(41)24-12-15-27(39)28(40)19-24)33(43)38(34(37)44,36(25,9)10)18-17-22(3)4/h11-12,15,17,19,25-26,29,39-41H,5,13-14,16,18,20H2,1-4,6-10H3. The summed E-state index contributed by atoms with van der Waals surface area (Å²) in [5.74, 6) is -3.49. The fourth-order valence-electron chi connectivity index (χ4n) is 9.02. The second-order valence-corrected chi connectivity index (χ2v) is 15.3. The van der Waals surface area contributed by atoms with Crippen LogP contribution in [0.5, 0.6) is 11.5 Å². The van der Waals surface area contributed by atoms with Gasteiger partial charge >= 0.3 is 0 Å². The Balaban J connectivity index is 2.14. The third-order valence-electron chi connectivity index (χ3n) is 11.6. The van der Waals surface area contributed by atoms with Gasteiger partial charge in [-0.05, 0) is 114 Å². The predicted molar refractivity (Wildman–Crippen MR) is 174 cm³/mol. The van der Waals surface area contributed by atoms with Gasteiger partial charge in [-0.15, -0.1) is 0 Å². The highest BCUT2D eigenvalue weighted by Crippen LogP contribution is 2.70. The van der Waals surface area contributed by atoms with E-state index in [0.717, 1.165) is 29.2 Å². The molecule has 3 N–H and O–H groups in total. The van der Waals surface area contributed by atoms with E-state index in [1.807, 2.05) is 54.5 Å². The van der Waals surface area contributed by atoms with E-state index in [-0.39, 0.29) is 47.5 Å². The molecule has 2 bridgehead atoms. The van der Waals surface area contributed by atoms with Gasteiger partial charge < -0.3 is 15.3 Å². The van der Waals surface area contributed by atoms with Gasteiger partial charge in [0.2, 0.25) is 0 Å². The molecule has 0 spiro atoms. The zero-order valence-electron chi connectivity index (χ0n) is 27.9. The van der Waals surface area contributed by atoms with Crippen molar-refractivity contribution in [3.8, 4) is 11.5 Å². The molecule has 3 fully saturated rings. The molecule has 0 heterocycles. The molecule has 6 nitrogen and oxygen atoms in total. The summed E-state index contributed by atoms with van der Waals surface area (Å²) < 4.78 is 0. The molecule has 1 aromatic carbocycles. The van der Waals surface area contributed by atoms with Gasteiger partial charge in [-0.2, -0.15) is 0 Å². The quantitative estimate of drug-likeness (QED) is 0.0721. The summed E-state index contributed by atoms with van der Waals surface area (Å²) in [5, 5.41) is 31.9. The van der Waals surface area contributed by atoms with E-state index in [1.165, 1.54) is 12.1 Å². The highest BCUT2D eigenvalue weighted by atomic mass is 16.3. The van der Waals surface area contributed by atoms with Gasteiger partial charge in [-0.25, -0.2) is 0 Å². The van der Waals surface area contributed by atoms with E-state index < -0.39 is 50.5 Å². The summed E-state index contributed by atoms with van der Waals surface area (Å²) in [6, 6.07) is 3.70. The maximum Gasteiger partial charge on any atom is 0.184 e. The molecule has 0 amide bonds. The van der Waals surface area contributed by atoms with E-state index >= 15 is 14.4 Å². The number of rotatable bonds is 7. The average Bonchev–Trinajstić information content (AvgIpc) is 3.24. The van der Waals surface area contributed by atoms with Crippen LogP contribution in [0, 0.1) is 39.4 Å². The predicted octanol–water partition coefficient (Wildman–Crippen LogP) is 8.45. The van der Waals surface area contributed by atoms with Crippen molar-refractivity contribution >= 4 is 23.1 Å². The molecular formula is C38H50O6. The maximum atomic E-state index is 15.5. The SMILES string of the molecule is C=C(C)C1CCC(C23CC(CC=C(C)C)C(C)(C)C(CC=C(C)C)(C(=O)C(=C(O)c4ccc(O)c(O)c4)C2=O)C3=O)C1(C)C.